The van der Waals surface area contributed by atoms with Gasteiger partial charge in [0.15, 0.2) is 0 Å². The van der Waals surface area contributed by atoms with Crippen molar-refractivity contribution in [3.05, 3.63) is 33.8 Å². The minimum absolute atomic E-state index is 0.254. The molecule has 1 saturated heterocycles. The van der Waals surface area contributed by atoms with Crippen LogP contribution in [-0.4, -0.2) is 24.0 Å². The molecule has 2 nitrogen and oxygen atoms in total. The standard InChI is InChI=1S/C15H22Cl2N2/c1-10(18)12-4-3-7-19(9-12)11(2)14-8-13(16)5-6-15(14)17/h5-6,8,10-12H,3-4,7,9,18H2,1-2H3. The normalized spacial score (nSPS) is 24.2. The number of rotatable bonds is 3. The second-order valence-corrected chi connectivity index (χ2v) is 6.44. The summed E-state index contributed by atoms with van der Waals surface area (Å²) in [5.74, 6) is 0.578. The van der Waals surface area contributed by atoms with Crippen molar-refractivity contribution < 1.29 is 0 Å². The second kappa shape index (κ2) is 6.45. The number of benzene rings is 1. The number of hydrogen-bond acceptors (Lipinski definition) is 2. The molecule has 0 aliphatic carbocycles. The molecule has 2 rings (SSSR count). The Kier molecular flexibility index (Phi) is 5.13. The van der Waals surface area contributed by atoms with Crippen LogP contribution in [0, 0.1) is 5.92 Å². The first-order valence-corrected chi connectivity index (χ1v) is 7.69. The topological polar surface area (TPSA) is 29.3 Å². The average Bonchev–Trinajstić information content (AvgIpc) is 2.41. The first-order valence-electron chi connectivity index (χ1n) is 6.93. The highest BCUT2D eigenvalue weighted by atomic mass is 35.5. The summed E-state index contributed by atoms with van der Waals surface area (Å²) in [5.41, 5.74) is 7.16. The maximum atomic E-state index is 6.30. The van der Waals surface area contributed by atoms with Gasteiger partial charge in [-0.2, -0.15) is 0 Å². The van der Waals surface area contributed by atoms with E-state index < -0.39 is 0 Å². The minimum atomic E-state index is 0.254. The molecule has 1 aromatic carbocycles. The van der Waals surface area contributed by atoms with Crippen molar-refractivity contribution in [2.45, 2.75) is 38.8 Å². The monoisotopic (exact) mass is 300 g/mol. The number of hydrogen-bond donors (Lipinski definition) is 1. The highest BCUT2D eigenvalue weighted by Gasteiger charge is 2.27. The van der Waals surface area contributed by atoms with Crippen molar-refractivity contribution in [2.24, 2.45) is 11.7 Å². The van der Waals surface area contributed by atoms with E-state index in [2.05, 4.69) is 18.7 Å². The predicted molar refractivity (Wildman–Crippen MR) is 82.8 cm³/mol. The highest BCUT2D eigenvalue weighted by molar-refractivity contribution is 6.33. The molecular formula is C15H22Cl2N2. The zero-order valence-corrected chi connectivity index (χ0v) is 13.1. The van der Waals surface area contributed by atoms with Gasteiger partial charge in [-0.25, -0.2) is 0 Å². The Morgan fingerprint density at radius 1 is 1.32 bits per heavy atom. The third-order valence-corrected chi connectivity index (χ3v) is 4.77. The Balaban J connectivity index is 2.14. The van der Waals surface area contributed by atoms with E-state index in [1.807, 2.05) is 18.2 Å². The lowest BCUT2D eigenvalue weighted by atomic mass is 9.90. The third kappa shape index (κ3) is 3.63. The molecule has 1 aliphatic rings. The number of piperidine rings is 1. The van der Waals surface area contributed by atoms with Crippen LogP contribution in [0.25, 0.3) is 0 Å². The maximum absolute atomic E-state index is 6.30. The predicted octanol–water partition coefficient (Wildman–Crippen LogP) is 4.11. The van der Waals surface area contributed by atoms with Crippen molar-refractivity contribution >= 4 is 23.2 Å². The van der Waals surface area contributed by atoms with Gasteiger partial charge in [-0.05, 0) is 62.9 Å². The number of likely N-dealkylation sites (tertiary alicyclic amines) is 1. The van der Waals surface area contributed by atoms with Gasteiger partial charge < -0.3 is 5.73 Å². The Morgan fingerprint density at radius 2 is 2.05 bits per heavy atom. The van der Waals surface area contributed by atoms with Crippen LogP contribution in [0.5, 0.6) is 0 Å². The van der Waals surface area contributed by atoms with E-state index >= 15 is 0 Å². The lowest BCUT2D eigenvalue weighted by Gasteiger charge is -2.38. The fourth-order valence-corrected chi connectivity index (χ4v) is 3.31. The van der Waals surface area contributed by atoms with Crippen LogP contribution in [0.15, 0.2) is 18.2 Å². The molecule has 3 atom stereocenters. The van der Waals surface area contributed by atoms with Gasteiger partial charge in [0.1, 0.15) is 0 Å². The van der Waals surface area contributed by atoms with E-state index in [0.717, 1.165) is 28.7 Å². The van der Waals surface area contributed by atoms with E-state index in [1.165, 1.54) is 12.8 Å². The van der Waals surface area contributed by atoms with Crippen molar-refractivity contribution in [3.63, 3.8) is 0 Å². The van der Waals surface area contributed by atoms with E-state index in [1.54, 1.807) is 0 Å². The summed E-state index contributed by atoms with van der Waals surface area (Å²) in [5, 5.41) is 1.53. The summed E-state index contributed by atoms with van der Waals surface area (Å²) in [7, 11) is 0. The SMILES string of the molecule is CC(N)C1CCCN(C(C)c2cc(Cl)ccc2Cl)C1. The maximum Gasteiger partial charge on any atom is 0.0454 e. The molecule has 1 fully saturated rings. The van der Waals surface area contributed by atoms with Gasteiger partial charge in [-0.1, -0.05) is 23.2 Å². The summed E-state index contributed by atoms with van der Waals surface area (Å²) in [6.45, 7) is 6.45. The summed E-state index contributed by atoms with van der Waals surface area (Å²) in [6.07, 6.45) is 2.43. The molecule has 1 aliphatic heterocycles. The first-order chi connectivity index (χ1) is 8.99. The molecule has 0 aromatic heterocycles. The molecule has 0 spiro atoms. The smallest absolute Gasteiger partial charge is 0.0454 e. The molecule has 106 valence electrons. The number of halogens is 2. The van der Waals surface area contributed by atoms with Gasteiger partial charge in [-0.3, -0.25) is 4.90 Å². The second-order valence-electron chi connectivity index (χ2n) is 5.60. The van der Waals surface area contributed by atoms with Crippen LogP contribution in [0.4, 0.5) is 0 Å². The largest absolute Gasteiger partial charge is 0.328 e. The van der Waals surface area contributed by atoms with Crippen molar-refractivity contribution in [1.82, 2.24) is 4.90 Å². The highest BCUT2D eigenvalue weighted by Crippen LogP contribution is 2.32. The van der Waals surface area contributed by atoms with Gasteiger partial charge in [0.25, 0.3) is 0 Å². The minimum Gasteiger partial charge on any atom is -0.328 e. The van der Waals surface area contributed by atoms with Crippen LogP contribution in [-0.2, 0) is 0 Å². The van der Waals surface area contributed by atoms with Crippen LogP contribution in [0.3, 0.4) is 0 Å². The van der Waals surface area contributed by atoms with E-state index in [-0.39, 0.29) is 12.1 Å². The summed E-state index contributed by atoms with van der Waals surface area (Å²) >= 11 is 12.4. The van der Waals surface area contributed by atoms with Gasteiger partial charge in [0, 0.05) is 28.7 Å². The molecule has 1 aromatic rings. The lowest BCUT2D eigenvalue weighted by molar-refractivity contribution is 0.121. The lowest BCUT2D eigenvalue weighted by Crippen LogP contribution is -2.43. The van der Waals surface area contributed by atoms with Crippen LogP contribution in [0.1, 0.15) is 38.3 Å². The molecule has 2 N–H and O–H groups in total. The molecule has 19 heavy (non-hydrogen) atoms. The van der Waals surface area contributed by atoms with Crippen LogP contribution < -0.4 is 5.73 Å². The van der Waals surface area contributed by atoms with Gasteiger partial charge in [-0.15, -0.1) is 0 Å². The number of nitrogens with two attached hydrogens (primary N) is 1. The Hall–Kier alpha value is -0.280. The van der Waals surface area contributed by atoms with Crippen molar-refractivity contribution in [1.29, 1.82) is 0 Å². The number of nitrogens with zero attached hydrogens (tertiary/aromatic N) is 1. The zero-order chi connectivity index (χ0) is 14.0. The van der Waals surface area contributed by atoms with E-state index in [4.69, 9.17) is 28.9 Å². The first kappa shape index (κ1) is 15.1. The average molecular weight is 301 g/mol. The van der Waals surface area contributed by atoms with Gasteiger partial charge >= 0.3 is 0 Å². The quantitative estimate of drug-likeness (QED) is 0.910. The molecular weight excluding hydrogens is 279 g/mol. The van der Waals surface area contributed by atoms with Crippen LogP contribution >= 0.6 is 23.2 Å². The Bertz CT molecular complexity index is 434. The molecule has 1 heterocycles. The summed E-state index contributed by atoms with van der Waals surface area (Å²) in [4.78, 5) is 2.47. The Labute approximate surface area is 125 Å². The molecule has 0 saturated carbocycles. The summed E-state index contributed by atoms with van der Waals surface area (Å²) < 4.78 is 0. The zero-order valence-electron chi connectivity index (χ0n) is 11.6. The van der Waals surface area contributed by atoms with Gasteiger partial charge in [0.2, 0.25) is 0 Å². The molecule has 3 unspecified atom stereocenters. The van der Waals surface area contributed by atoms with Crippen LogP contribution in [0.2, 0.25) is 10.0 Å². The summed E-state index contributed by atoms with van der Waals surface area (Å²) in [6, 6.07) is 6.23. The fraction of sp³-hybridized carbons (Fsp3) is 0.600. The molecule has 4 heteroatoms. The van der Waals surface area contributed by atoms with E-state index in [0.29, 0.717) is 5.92 Å². The Morgan fingerprint density at radius 3 is 2.74 bits per heavy atom. The molecule has 0 bridgehead atoms. The van der Waals surface area contributed by atoms with Gasteiger partial charge in [0.05, 0.1) is 0 Å². The third-order valence-electron chi connectivity index (χ3n) is 4.19. The van der Waals surface area contributed by atoms with Crippen molar-refractivity contribution in [2.75, 3.05) is 13.1 Å². The fourth-order valence-electron chi connectivity index (χ4n) is 2.85. The molecule has 0 radical (unpaired) electrons. The van der Waals surface area contributed by atoms with Crippen molar-refractivity contribution in [3.8, 4) is 0 Å². The van der Waals surface area contributed by atoms with E-state index in [9.17, 15) is 0 Å². The molecule has 0 amide bonds.